The Hall–Kier alpha value is -1.75. The van der Waals surface area contributed by atoms with Crippen molar-refractivity contribution in [1.82, 2.24) is 15.0 Å². The first-order valence-electron chi connectivity index (χ1n) is 4.00. The molecule has 0 aromatic carbocycles. The normalized spacial score (nSPS) is 10.0. The molecule has 5 heteroatoms. The zero-order valence-electron chi connectivity index (χ0n) is 7.15. The van der Waals surface area contributed by atoms with E-state index in [1.807, 2.05) is 6.07 Å². The van der Waals surface area contributed by atoms with Gasteiger partial charge in [0.05, 0.1) is 5.69 Å². The van der Waals surface area contributed by atoms with E-state index < -0.39 is 0 Å². The number of hydrogen-bond acceptors (Lipinski definition) is 3. The molecular formula is C9H7N3OS. The molecule has 2 aromatic heterocycles. The van der Waals surface area contributed by atoms with Crippen LogP contribution >= 0.6 is 12.2 Å². The summed E-state index contributed by atoms with van der Waals surface area (Å²) in [6, 6.07) is 5.10. The van der Waals surface area contributed by atoms with Crippen molar-refractivity contribution in [3.05, 3.63) is 45.7 Å². The molecule has 0 aliphatic rings. The molecule has 0 aliphatic heterocycles. The molecule has 0 spiro atoms. The predicted octanol–water partition coefficient (Wildman–Crippen LogP) is 1.49. The Kier molecular flexibility index (Phi) is 2.24. The van der Waals surface area contributed by atoms with Gasteiger partial charge in [-0.1, -0.05) is 0 Å². The van der Waals surface area contributed by atoms with Crippen LogP contribution in [0.3, 0.4) is 0 Å². The molecule has 0 radical (unpaired) electrons. The number of hydrogen-bond donors (Lipinski definition) is 2. The molecule has 0 aliphatic carbocycles. The lowest BCUT2D eigenvalue weighted by Crippen LogP contribution is -2.06. The van der Waals surface area contributed by atoms with E-state index in [0.717, 1.165) is 5.56 Å². The lowest BCUT2D eigenvalue weighted by Gasteiger charge is -1.98. The van der Waals surface area contributed by atoms with Gasteiger partial charge in [0.2, 0.25) is 0 Å². The molecule has 2 heterocycles. The Morgan fingerprint density at radius 1 is 1.36 bits per heavy atom. The van der Waals surface area contributed by atoms with Gasteiger partial charge in [0.1, 0.15) is 0 Å². The number of rotatable bonds is 1. The number of H-pyrrole nitrogens is 2. The van der Waals surface area contributed by atoms with Crippen LogP contribution in [0.25, 0.3) is 11.3 Å². The molecule has 0 amide bonds. The van der Waals surface area contributed by atoms with Crippen LogP contribution in [0.4, 0.5) is 0 Å². The molecular weight excluding hydrogens is 198 g/mol. The summed E-state index contributed by atoms with van der Waals surface area (Å²) < 4.78 is 0.316. The third-order valence-electron chi connectivity index (χ3n) is 1.73. The van der Waals surface area contributed by atoms with E-state index in [0.29, 0.717) is 10.5 Å². The molecule has 2 aromatic rings. The summed E-state index contributed by atoms with van der Waals surface area (Å²) >= 11 is 4.86. The van der Waals surface area contributed by atoms with Crippen molar-refractivity contribution in [1.29, 1.82) is 0 Å². The topological polar surface area (TPSA) is 61.5 Å². The molecule has 2 N–H and O–H groups in total. The maximum atomic E-state index is 11.1. The lowest BCUT2D eigenvalue weighted by atomic mass is 10.2. The number of nitrogens with one attached hydrogen (secondary N) is 2. The minimum absolute atomic E-state index is 0.215. The van der Waals surface area contributed by atoms with E-state index in [9.17, 15) is 4.79 Å². The molecule has 14 heavy (non-hydrogen) atoms. The summed E-state index contributed by atoms with van der Waals surface area (Å²) in [7, 11) is 0. The van der Waals surface area contributed by atoms with Crippen LogP contribution < -0.4 is 5.56 Å². The summed E-state index contributed by atoms with van der Waals surface area (Å²) in [4.78, 5) is 20.4. The smallest absolute Gasteiger partial charge is 0.252 e. The number of pyridine rings is 1. The first-order valence-corrected chi connectivity index (χ1v) is 4.40. The minimum Gasteiger partial charge on any atom is -0.332 e. The Labute approximate surface area is 84.7 Å². The van der Waals surface area contributed by atoms with Gasteiger partial charge in [-0.25, -0.2) is 0 Å². The Balaban J connectivity index is 2.64. The highest BCUT2D eigenvalue weighted by atomic mass is 32.1. The Morgan fingerprint density at radius 2 is 2.21 bits per heavy atom. The quantitative estimate of drug-likeness (QED) is 0.693. The monoisotopic (exact) mass is 205 g/mol. The van der Waals surface area contributed by atoms with E-state index >= 15 is 0 Å². The van der Waals surface area contributed by atoms with Gasteiger partial charge in [0.25, 0.3) is 5.56 Å². The van der Waals surface area contributed by atoms with Crippen molar-refractivity contribution in [3.63, 3.8) is 0 Å². The molecule has 0 fully saturated rings. The fourth-order valence-electron chi connectivity index (χ4n) is 1.15. The van der Waals surface area contributed by atoms with E-state index in [1.54, 1.807) is 18.5 Å². The van der Waals surface area contributed by atoms with Gasteiger partial charge in [-0.05, 0) is 24.4 Å². The molecule has 0 atom stereocenters. The lowest BCUT2D eigenvalue weighted by molar-refractivity contribution is 1.09. The van der Waals surface area contributed by atoms with Gasteiger partial charge in [0, 0.05) is 24.0 Å². The largest absolute Gasteiger partial charge is 0.332 e. The standard InChI is InChI=1S/C9H7N3OS/c13-8-4-7(11-9(14)12-8)6-2-1-3-10-5-6/h1-5H,(H2,11,12,13,14). The number of nitrogens with zero attached hydrogens (tertiary/aromatic N) is 1. The Bertz CT molecular complexity index is 515. The summed E-state index contributed by atoms with van der Waals surface area (Å²) in [6.07, 6.45) is 3.34. The first kappa shape index (κ1) is 8.83. The van der Waals surface area contributed by atoms with Crippen LogP contribution in [0, 0.1) is 4.77 Å². The highest BCUT2D eigenvalue weighted by Crippen LogP contribution is 2.11. The predicted molar refractivity (Wildman–Crippen MR) is 55.5 cm³/mol. The zero-order chi connectivity index (χ0) is 9.97. The molecule has 4 nitrogen and oxygen atoms in total. The molecule has 0 saturated heterocycles. The van der Waals surface area contributed by atoms with Crippen LogP contribution in [0.2, 0.25) is 0 Å². The third-order valence-corrected chi connectivity index (χ3v) is 1.94. The molecule has 2 rings (SSSR count). The average Bonchev–Trinajstić information content (AvgIpc) is 2.18. The molecule has 0 unspecified atom stereocenters. The van der Waals surface area contributed by atoms with Crippen LogP contribution in [-0.2, 0) is 0 Å². The summed E-state index contributed by atoms with van der Waals surface area (Å²) in [5, 5.41) is 0. The molecule has 0 bridgehead atoms. The zero-order valence-corrected chi connectivity index (χ0v) is 7.97. The Morgan fingerprint density at radius 3 is 2.86 bits per heavy atom. The van der Waals surface area contributed by atoms with Crippen LogP contribution in [0.5, 0.6) is 0 Å². The number of aromatic amines is 2. The van der Waals surface area contributed by atoms with Crippen molar-refractivity contribution in [3.8, 4) is 11.3 Å². The second-order valence-corrected chi connectivity index (χ2v) is 3.15. The fourth-order valence-corrected chi connectivity index (χ4v) is 1.36. The highest BCUT2D eigenvalue weighted by Gasteiger charge is 1.97. The van der Waals surface area contributed by atoms with Gasteiger partial charge in [0.15, 0.2) is 4.77 Å². The number of aromatic nitrogens is 3. The summed E-state index contributed by atoms with van der Waals surface area (Å²) in [5.41, 5.74) is 1.30. The van der Waals surface area contributed by atoms with Crippen LogP contribution in [0.1, 0.15) is 0 Å². The first-order chi connectivity index (χ1) is 6.75. The van der Waals surface area contributed by atoms with Gasteiger partial charge in [-0.15, -0.1) is 0 Å². The van der Waals surface area contributed by atoms with Crippen molar-refractivity contribution < 1.29 is 0 Å². The third kappa shape index (κ3) is 1.77. The second-order valence-electron chi connectivity index (χ2n) is 2.74. The maximum Gasteiger partial charge on any atom is 0.252 e. The van der Waals surface area contributed by atoms with Gasteiger partial charge in [-0.3, -0.25) is 14.8 Å². The van der Waals surface area contributed by atoms with Gasteiger partial charge < -0.3 is 4.98 Å². The van der Waals surface area contributed by atoms with Crippen LogP contribution in [-0.4, -0.2) is 15.0 Å². The SMILES string of the molecule is O=c1cc(-c2cccnc2)[nH]c(=S)[nH]1. The van der Waals surface area contributed by atoms with E-state index in [-0.39, 0.29) is 5.56 Å². The van der Waals surface area contributed by atoms with Crippen molar-refractivity contribution >= 4 is 12.2 Å². The molecule has 0 saturated carbocycles. The summed E-state index contributed by atoms with van der Waals surface area (Å²) in [6.45, 7) is 0. The van der Waals surface area contributed by atoms with Crippen molar-refractivity contribution in [2.45, 2.75) is 0 Å². The average molecular weight is 205 g/mol. The maximum absolute atomic E-state index is 11.1. The minimum atomic E-state index is -0.215. The van der Waals surface area contributed by atoms with Gasteiger partial charge in [-0.2, -0.15) is 0 Å². The molecule has 70 valence electrons. The fraction of sp³-hybridized carbons (Fsp3) is 0. The van der Waals surface area contributed by atoms with Gasteiger partial charge >= 0.3 is 0 Å². The van der Waals surface area contributed by atoms with E-state index in [4.69, 9.17) is 12.2 Å². The summed E-state index contributed by atoms with van der Waals surface area (Å²) in [5.74, 6) is 0. The van der Waals surface area contributed by atoms with Crippen molar-refractivity contribution in [2.75, 3.05) is 0 Å². The van der Waals surface area contributed by atoms with E-state index in [1.165, 1.54) is 6.07 Å². The van der Waals surface area contributed by atoms with Crippen molar-refractivity contribution in [2.24, 2.45) is 0 Å². The van der Waals surface area contributed by atoms with E-state index in [2.05, 4.69) is 15.0 Å². The second kappa shape index (κ2) is 3.55. The van der Waals surface area contributed by atoms with Crippen LogP contribution in [0.15, 0.2) is 35.4 Å². The highest BCUT2D eigenvalue weighted by molar-refractivity contribution is 7.71.